The first-order chi connectivity index (χ1) is 48.9. The van der Waals surface area contributed by atoms with Gasteiger partial charge in [0.1, 0.15) is 19.3 Å². The van der Waals surface area contributed by atoms with E-state index in [9.17, 15) is 43.2 Å². The van der Waals surface area contributed by atoms with Gasteiger partial charge in [-0.05, 0) is 37.5 Å². The number of ether oxygens (including phenoxy) is 4. The third-order valence-electron chi connectivity index (χ3n) is 19.2. The molecule has 0 saturated carbocycles. The monoisotopic (exact) mass is 1480 g/mol. The van der Waals surface area contributed by atoms with Crippen LogP contribution in [0.1, 0.15) is 433 Å². The Morgan fingerprint density at radius 1 is 0.267 bits per heavy atom. The maximum absolute atomic E-state index is 13.1. The van der Waals surface area contributed by atoms with Gasteiger partial charge in [-0.3, -0.25) is 37.3 Å². The Balaban J connectivity index is 5.21. The average molecular weight is 1480 g/mol. The summed E-state index contributed by atoms with van der Waals surface area (Å²) in [5.41, 5.74) is 0. The van der Waals surface area contributed by atoms with E-state index in [1.807, 2.05) is 0 Å². The van der Waals surface area contributed by atoms with Gasteiger partial charge in [-0.25, -0.2) is 9.13 Å². The minimum Gasteiger partial charge on any atom is -0.462 e. The Kier molecular flexibility index (Phi) is 72.2. The van der Waals surface area contributed by atoms with Crippen LogP contribution in [0.2, 0.25) is 0 Å². The second-order valence-corrected chi connectivity index (χ2v) is 33.4. The van der Waals surface area contributed by atoms with Crippen molar-refractivity contribution in [3.8, 4) is 0 Å². The molecule has 3 N–H and O–H groups in total. The molecule has 19 heteroatoms. The van der Waals surface area contributed by atoms with Crippen molar-refractivity contribution in [3.05, 3.63) is 0 Å². The maximum Gasteiger partial charge on any atom is 0.472 e. The van der Waals surface area contributed by atoms with E-state index >= 15 is 0 Å². The van der Waals surface area contributed by atoms with Crippen LogP contribution in [-0.2, 0) is 65.4 Å². The summed E-state index contributed by atoms with van der Waals surface area (Å²) in [6, 6.07) is 0. The van der Waals surface area contributed by atoms with Gasteiger partial charge in [0, 0.05) is 25.7 Å². The molecule has 0 bridgehead atoms. The number of hydrogen-bond acceptors (Lipinski definition) is 15. The van der Waals surface area contributed by atoms with Crippen LogP contribution >= 0.6 is 15.6 Å². The van der Waals surface area contributed by atoms with E-state index in [4.69, 9.17) is 37.0 Å². The predicted octanol–water partition coefficient (Wildman–Crippen LogP) is 24.7. The summed E-state index contributed by atoms with van der Waals surface area (Å²) in [4.78, 5) is 73.0. The van der Waals surface area contributed by atoms with Gasteiger partial charge in [-0.2, -0.15) is 0 Å². The maximum atomic E-state index is 13.1. The number of phosphoric ester groups is 2. The second-order valence-electron chi connectivity index (χ2n) is 30.5. The minimum atomic E-state index is -4.96. The van der Waals surface area contributed by atoms with E-state index < -0.39 is 97.5 Å². The highest BCUT2D eigenvalue weighted by Gasteiger charge is 2.30. The number of carbonyl (C=O) groups excluding carboxylic acids is 4. The largest absolute Gasteiger partial charge is 0.472 e. The molecule has 0 rings (SSSR count). The van der Waals surface area contributed by atoms with Crippen molar-refractivity contribution >= 4 is 39.5 Å². The zero-order chi connectivity index (χ0) is 74.2. The Hall–Kier alpha value is -1.94. The lowest BCUT2D eigenvalue weighted by Crippen LogP contribution is -2.30. The molecule has 2 unspecified atom stereocenters. The average Bonchev–Trinajstić information content (AvgIpc) is 0.936. The topological polar surface area (TPSA) is 237 Å². The molecule has 0 aliphatic carbocycles. The van der Waals surface area contributed by atoms with Crippen molar-refractivity contribution in [1.82, 2.24) is 0 Å². The van der Waals surface area contributed by atoms with Crippen molar-refractivity contribution in [3.63, 3.8) is 0 Å². The lowest BCUT2D eigenvalue weighted by atomic mass is 10.0. The highest BCUT2D eigenvalue weighted by Crippen LogP contribution is 2.45. The molecule has 0 saturated heterocycles. The summed E-state index contributed by atoms with van der Waals surface area (Å²) in [5, 5.41) is 10.6. The Bertz CT molecular complexity index is 1940. The van der Waals surface area contributed by atoms with Gasteiger partial charge in [-0.1, -0.05) is 382 Å². The molecule has 0 aromatic rings. The van der Waals surface area contributed by atoms with Crippen LogP contribution in [0.3, 0.4) is 0 Å². The molecule has 0 amide bonds. The van der Waals surface area contributed by atoms with Gasteiger partial charge < -0.3 is 33.8 Å². The van der Waals surface area contributed by atoms with Crippen molar-refractivity contribution in [2.24, 2.45) is 11.8 Å². The van der Waals surface area contributed by atoms with Crippen molar-refractivity contribution in [2.75, 3.05) is 39.6 Å². The highest BCUT2D eigenvalue weighted by atomic mass is 31.2. The predicted molar refractivity (Wildman–Crippen MR) is 414 cm³/mol. The number of aliphatic hydroxyl groups is 1. The third-order valence-corrected chi connectivity index (χ3v) is 21.1. The molecule has 600 valence electrons. The normalized spacial score (nSPS) is 13.9. The van der Waals surface area contributed by atoms with Crippen molar-refractivity contribution in [2.45, 2.75) is 452 Å². The molecular weight excluding hydrogens is 1320 g/mol. The summed E-state index contributed by atoms with van der Waals surface area (Å²) in [6.45, 7) is 9.55. The smallest absolute Gasteiger partial charge is 0.462 e. The first kappa shape index (κ1) is 99.1. The van der Waals surface area contributed by atoms with Crippen LogP contribution < -0.4 is 0 Å². The summed E-state index contributed by atoms with van der Waals surface area (Å²) < 4.78 is 68.7. The molecule has 0 aliphatic heterocycles. The van der Waals surface area contributed by atoms with Gasteiger partial charge >= 0.3 is 39.5 Å². The van der Waals surface area contributed by atoms with E-state index in [0.29, 0.717) is 31.6 Å². The fourth-order valence-electron chi connectivity index (χ4n) is 12.7. The summed E-state index contributed by atoms with van der Waals surface area (Å²) in [5.74, 6) is -0.669. The molecular formula is C82H160O17P2. The number of hydrogen-bond donors (Lipinski definition) is 3. The Morgan fingerprint density at radius 2 is 0.455 bits per heavy atom. The van der Waals surface area contributed by atoms with Gasteiger partial charge in [0.05, 0.1) is 26.4 Å². The summed E-state index contributed by atoms with van der Waals surface area (Å²) in [7, 11) is -9.92. The van der Waals surface area contributed by atoms with Gasteiger partial charge in [0.2, 0.25) is 0 Å². The fourth-order valence-corrected chi connectivity index (χ4v) is 14.3. The molecule has 0 heterocycles. The van der Waals surface area contributed by atoms with E-state index in [1.165, 1.54) is 244 Å². The third kappa shape index (κ3) is 76.1. The molecule has 0 aromatic heterocycles. The first-order valence-electron chi connectivity index (χ1n) is 42.5. The summed E-state index contributed by atoms with van der Waals surface area (Å²) in [6.07, 6.45) is 64.1. The molecule has 0 spiro atoms. The zero-order valence-electron chi connectivity index (χ0n) is 66.2. The van der Waals surface area contributed by atoms with Crippen LogP contribution in [0.15, 0.2) is 0 Å². The molecule has 0 aromatic carbocycles. The van der Waals surface area contributed by atoms with E-state index in [0.717, 1.165) is 102 Å². The van der Waals surface area contributed by atoms with Crippen LogP contribution in [-0.4, -0.2) is 96.7 Å². The van der Waals surface area contributed by atoms with Crippen molar-refractivity contribution < 1.29 is 80.2 Å². The molecule has 0 fully saturated rings. The summed E-state index contributed by atoms with van der Waals surface area (Å²) >= 11 is 0. The van der Waals surface area contributed by atoms with Crippen LogP contribution in [0.25, 0.3) is 0 Å². The highest BCUT2D eigenvalue weighted by molar-refractivity contribution is 7.47. The van der Waals surface area contributed by atoms with E-state index in [2.05, 4.69) is 41.5 Å². The molecule has 17 nitrogen and oxygen atoms in total. The SMILES string of the molecule is CCCCCCCCCCCCCCCCCCCCCCC(=O)O[C@H](COC(=O)CCCCCCCCCCCCCCCCCCCCC)COP(=O)(O)OC[C@@H](O)COP(=O)(O)OC[C@@H](COC(=O)CCCCCCCCCC(C)C)OC(=O)CCCCCCCCCCCC(C)C. The second kappa shape index (κ2) is 73.6. The van der Waals surface area contributed by atoms with Crippen LogP contribution in [0, 0.1) is 11.8 Å². The molecule has 0 radical (unpaired) electrons. The molecule has 101 heavy (non-hydrogen) atoms. The number of phosphoric acid groups is 2. The number of rotatable bonds is 81. The van der Waals surface area contributed by atoms with Crippen molar-refractivity contribution in [1.29, 1.82) is 0 Å². The van der Waals surface area contributed by atoms with Crippen LogP contribution in [0.5, 0.6) is 0 Å². The molecule has 5 atom stereocenters. The zero-order valence-corrected chi connectivity index (χ0v) is 68.0. The van der Waals surface area contributed by atoms with Crippen LogP contribution in [0.4, 0.5) is 0 Å². The quantitative estimate of drug-likeness (QED) is 0.0222. The fraction of sp³-hybridized carbons (Fsp3) is 0.951. The number of esters is 4. The van der Waals surface area contributed by atoms with E-state index in [1.54, 1.807) is 0 Å². The van der Waals surface area contributed by atoms with Gasteiger partial charge in [-0.15, -0.1) is 0 Å². The standard InChI is InChI=1S/C82H160O17P2/c1-7-9-11-13-15-17-19-21-23-25-27-29-31-33-35-37-41-47-54-60-66-81(86)98-77(70-92-79(84)64-58-52-46-40-36-34-32-30-28-26-24-22-20-18-16-14-12-10-8-2)72-96-100(88,89)94-68-76(83)69-95-101(90,91)97-73-78(71-93-80(85)65-59-53-49-43-45-51-57-63-75(5)6)99-82(87)67-61-55-48-42-38-39-44-50-56-62-74(3)4/h74-78,83H,7-73H2,1-6H3,(H,88,89)(H,90,91)/t76-,77-,78-/m1/s1. The Labute approximate surface area is 619 Å². The van der Waals surface area contributed by atoms with Gasteiger partial charge in [0.15, 0.2) is 12.2 Å². The van der Waals surface area contributed by atoms with Gasteiger partial charge in [0.25, 0.3) is 0 Å². The number of carbonyl (C=O) groups is 4. The number of aliphatic hydroxyl groups excluding tert-OH is 1. The molecule has 0 aliphatic rings. The number of unbranched alkanes of at least 4 members (excludes halogenated alkanes) is 51. The first-order valence-corrected chi connectivity index (χ1v) is 45.5. The minimum absolute atomic E-state index is 0.105. The van der Waals surface area contributed by atoms with E-state index in [-0.39, 0.29) is 25.7 Å². The lowest BCUT2D eigenvalue weighted by molar-refractivity contribution is -0.161. The lowest BCUT2D eigenvalue weighted by Gasteiger charge is -2.21. The Morgan fingerprint density at radius 3 is 0.673 bits per heavy atom.